The second-order valence-electron chi connectivity index (χ2n) is 4.01. The summed E-state index contributed by atoms with van der Waals surface area (Å²) >= 11 is 0. The van der Waals surface area contributed by atoms with Gasteiger partial charge in [0.25, 0.3) is 0 Å². The van der Waals surface area contributed by atoms with E-state index >= 15 is 0 Å². The molecule has 0 N–H and O–H groups in total. The van der Waals surface area contributed by atoms with Gasteiger partial charge in [-0.25, -0.2) is 0 Å². The van der Waals surface area contributed by atoms with Gasteiger partial charge in [0.15, 0.2) is 0 Å². The normalized spacial score (nSPS) is 31.2. The molecule has 1 saturated carbocycles. The predicted molar refractivity (Wildman–Crippen MR) is 50.9 cm³/mol. The summed E-state index contributed by atoms with van der Waals surface area (Å²) in [6, 6.07) is 0. The summed E-state index contributed by atoms with van der Waals surface area (Å²) in [6.45, 7) is 5.97. The lowest BCUT2D eigenvalue weighted by molar-refractivity contribution is -0.119. The summed E-state index contributed by atoms with van der Waals surface area (Å²) in [5, 5.41) is 0. The van der Waals surface area contributed by atoms with Gasteiger partial charge in [0, 0.05) is 12.8 Å². The number of hydrogen-bond donors (Lipinski definition) is 0. The number of Topliss-reactive ketones (excluding diaryl/α,β-unsaturated/α-hetero) is 1. The monoisotopic (exact) mass is 166 g/mol. The van der Waals surface area contributed by atoms with Crippen molar-refractivity contribution in [2.45, 2.75) is 39.0 Å². The smallest absolute Gasteiger partial charge is 0.133 e. The van der Waals surface area contributed by atoms with E-state index in [-0.39, 0.29) is 0 Å². The number of carbonyl (C=O) groups excluding carboxylic acids is 1. The predicted octanol–water partition coefficient (Wildman–Crippen LogP) is 2.96. The van der Waals surface area contributed by atoms with E-state index in [2.05, 4.69) is 13.5 Å². The summed E-state index contributed by atoms with van der Waals surface area (Å²) in [5.41, 5.74) is 0. The van der Waals surface area contributed by atoms with Crippen LogP contribution in [0.5, 0.6) is 0 Å². The molecule has 0 aromatic carbocycles. The summed E-state index contributed by atoms with van der Waals surface area (Å²) in [6.07, 6.45) is 6.83. The van der Waals surface area contributed by atoms with Crippen LogP contribution in [-0.4, -0.2) is 5.78 Å². The fraction of sp³-hybridized carbons (Fsp3) is 0.727. The molecule has 0 spiro atoms. The lowest BCUT2D eigenvalue weighted by Gasteiger charge is -2.13. The molecular formula is C11H18O. The Morgan fingerprint density at radius 3 is 3.08 bits per heavy atom. The lowest BCUT2D eigenvalue weighted by Crippen LogP contribution is -2.05. The molecule has 0 bridgehead atoms. The largest absolute Gasteiger partial charge is 0.300 e. The number of carbonyl (C=O) groups is 1. The van der Waals surface area contributed by atoms with Gasteiger partial charge in [-0.2, -0.15) is 0 Å². The van der Waals surface area contributed by atoms with Gasteiger partial charge in [0.2, 0.25) is 0 Å². The third kappa shape index (κ3) is 2.80. The minimum Gasteiger partial charge on any atom is -0.300 e. The van der Waals surface area contributed by atoms with Gasteiger partial charge in [0.05, 0.1) is 0 Å². The molecule has 0 heterocycles. The maximum Gasteiger partial charge on any atom is 0.133 e. The van der Waals surface area contributed by atoms with Crippen molar-refractivity contribution in [3.05, 3.63) is 12.7 Å². The van der Waals surface area contributed by atoms with Gasteiger partial charge in [-0.15, -0.1) is 6.58 Å². The Hall–Kier alpha value is -0.590. The molecule has 1 aliphatic rings. The van der Waals surface area contributed by atoms with E-state index in [4.69, 9.17) is 0 Å². The van der Waals surface area contributed by atoms with Gasteiger partial charge < -0.3 is 0 Å². The van der Waals surface area contributed by atoms with Crippen molar-refractivity contribution >= 4 is 5.78 Å². The molecule has 1 aliphatic carbocycles. The maximum atomic E-state index is 11.3. The molecule has 0 radical (unpaired) electrons. The van der Waals surface area contributed by atoms with Crippen LogP contribution in [0.3, 0.4) is 0 Å². The molecule has 1 heteroatoms. The highest BCUT2D eigenvalue weighted by Gasteiger charge is 2.20. The van der Waals surface area contributed by atoms with Crippen LogP contribution in [0.4, 0.5) is 0 Å². The quantitative estimate of drug-likeness (QED) is 0.455. The molecule has 1 fully saturated rings. The van der Waals surface area contributed by atoms with Crippen LogP contribution in [0.2, 0.25) is 0 Å². The van der Waals surface area contributed by atoms with Crippen LogP contribution in [0, 0.1) is 11.8 Å². The minimum absolute atomic E-state index is 0.450. The van der Waals surface area contributed by atoms with Crippen molar-refractivity contribution < 1.29 is 4.79 Å². The van der Waals surface area contributed by atoms with E-state index in [9.17, 15) is 4.79 Å². The Morgan fingerprint density at radius 1 is 1.67 bits per heavy atom. The zero-order valence-electron chi connectivity index (χ0n) is 7.88. The summed E-state index contributed by atoms with van der Waals surface area (Å²) in [4.78, 5) is 11.3. The maximum absolute atomic E-state index is 11.3. The molecule has 2 atom stereocenters. The van der Waals surface area contributed by atoms with Crippen molar-refractivity contribution in [2.24, 2.45) is 11.8 Å². The van der Waals surface area contributed by atoms with Crippen LogP contribution in [0.1, 0.15) is 39.0 Å². The van der Waals surface area contributed by atoms with Gasteiger partial charge in [-0.3, -0.25) is 4.79 Å². The van der Waals surface area contributed by atoms with Crippen molar-refractivity contribution in [3.63, 3.8) is 0 Å². The summed E-state index contributed by atoms with van der Waals surface area (Å²) < 4.78 is 0. The van der Waals surface area contributed by atoms with Gasteiger partial charge in [0.1, 0.15) is 5.78 Å². The standard InChI is InChI=1S/C11H18O/c1-3-4-10-7-9(2)5-6-11(12)8-10/h3,9-10H,1,4-8H2,2H3. The van der Waals surface area contributed by atoms with E-state index in [0.29, 0.717) is 11.7 Å². The first-order chi connectivity index (χ1) is 5.72. The van der Waals surface area contributed by atoms with Crippen molar-refractivity contribution in [1.82, 2.24) is 0 Å². The number of ketones is 1. The topological polar surface area (TPSA) is 17.1 Å². The molecule has 68 valence electrons. The Balaban J connectivity index is 2.49. The molecule has 0 aromatic rings. The second kappa shape index (κ2) is 4.44. The van der Waals surface area contributed by atoms with Crippen molar-refractivity contribution in [2.75, 3.05) is 0 Å². The van der Waals surface area contributed by atoms with E-state index in [1.54, 1.807) is 0 Å². The average Bonchev–Trinajstić information content (AvgIpc) is 2.14. The number of rotatable bonds is 2. The molecular weight excluding hydrogens is 148 g/mol. The van der Waals surface area contributed by atoms with E-state index in [1.807, 2.05) is 6.08 Å². The lowest BCUT2D eigenvalue weighted by atomic mass is 9.92. The number of hydrogen-bond acceptors (Lipinski definition) is 1. The highest BCUT2D eigenvalue weighted by Crippen LogP contribution is 2.27. The van der Waals surface area contributed by atoms with Crippen LogP contribution in [0.15, 0.2) is 12.7 Å². The molecule has 2 unspecified atom stereocenters. The Labute approximate surface area is 74.9 Å². The Bertz CT molecular complexity index is 172. The second-order valence-corrected chi connectivity index (χ2v) is 4.01. The molecule has 1 rings (SSSR count). The average molecular weight is 166 g/mol. The molecule has 0 aliphatic heterocycles. The first-order valence-corrected chi connectivity index (χ1v) is 4.85. The van der Waals surface area contributed by atoms with Crippen LogP contribution < -0.4 is 0 Å². The summed E-state index contributed by atoms with van der Waals surface area (Å²) in [7, 11) is 0. The number of allylic oxidation sites excluding steroid dienone is 1. The van der Waals surface area contributed by atoms with Crippen molar-refractivity contribution in [3.8, 4) is 0 Å². The van der Waals surface area contributed by atoms with Crippen molar-refractivity contribution in [1.29, 1.82) is 0 Å². The fourth-order valence-corrected chi connectivity index (χ4v) is 2.02. The van der Waals surface area contributed by atoms with Gasteiger partial charge in [-0.05, 0) is 31.1 Å². The van der Waals surface area contributed by atoms with Crippen LogP contribution >= 0.6 is 0 Å². The molecule has 1 nitrogen and oxygen atoms in total. The summed E-state index contributed by atoms with van der Waals surface area (Å²) in [5.74, 6) is 1.75. The van der Waals surface area contributed by atoms with Gasteiger partial charge in [-0.1, -0.05) is 13.0 Å². The van der Waals surface area contributed by atoms with Crippen LogP contribution in [0.25, 0.3) is 0 Å². The minimum atomic E-state index is 0.450. The van der Waals surface area contributed by atoms with E-state index in [0.717, 1.165) is 31.6 Å². The third-order valence-corrected chi connectivity index (χ3v) is 2.67. The Kier molecular flexibility index (Phi) is 3.51. The van der Waals surface area contributed by atoms with E-state index in [1.165, 1.54) is 6.42 Å². The molecule has 0 amide bonds. The SMILES string of the molecule is C=CCC1CC(=O)CCC(C)C1. The third-order valence-electron chi connectivity index (χ3n) is 2.67. The molecule has 12 heavy (non-hydrogen) atoms. The highest BCUT2D eigenvalue weighted by atomic mass is 16.1. The molecule has 0 saturated heterocycles. The zero-order chi connectivity index (χ0) is 8.97. The highest BCUT2D eigenvalue weighted by molar-refractivity contribution is 5.78. The van der Waals surface area contributed by atoms with Crippen LogP contribution in [-0.2, 0) is 4.79 Å². The first kappa shape index (κ1) is 9.50. The van der Waals surface area contributed by atoms with Gasteiger partial charge >= 0.3 is 0 Å². The fourth-order valence-electron chi connectivity index (χ4n) is 2.02. The molecule has 0 aromatic heterocycles. The Morgan fingerprint density at radius 2 is 2.42 bits per heavy atom. The van der Waals surface area contributed by atoms with E-state index < -0.39 is 0 Å². The first-order valence-electron chi connectivity index (χ1n) is 4.85. The zero-order valence-corrected chi connectivity index (χ0v) is 7.88.